The van der Waals surface area contributed by atoms with Gasteiger partial charge in [0, 0.05) is 12.0 Å². The fourth-order valence-corrected chi connectivity index (χ4v) is 3.34. The molecule has 1 saturated heterocycles. The summed E-state index contributed by atoms with van der Waals surface area (Å²) in [7, 11) is 0. The van der Waals surface area contributed by atoms with Crippen molar-refractivity contribution in [2.75, 3.05) is 19.7 Å². The van der Waals surface area contributed by atoms with E-state index in [4.69, 9.17) is 0 Å². The largest absolute Gasteiger partial charge is 0.395 e. The number of likely N-dealkylation sites (tertiary alicyclic amines) is 1. The van der Waals surface area contributed by atoms with Crippen LogP contribution in [0.1, 0.15) is 24.0 Å². The zero-order chi connectivity index (χ0) is 15.4. The van der Waals surface area contributed by atoms with Crippen LogP contribution in [0.25, 0.3) is 0 Å². The first-order valence-corrected chi connectivity index (χ1v) is 7.85. The van der Waals surface area contributed by atoms with Crippen molar-refractivity contribution < 1.29 is 9.50 Å². The van der Waals surface area contributed by atoms with E-state index in [0.717, 1.165) is 38.0 Å². The number of hydrogen-bond donors (Lipinski definition) is 1. The molecule has 2 aromatic rings. The Morgan fingerprint density at radius 1 is 1.00 bits per heavy atom. The van der Waals surface area contributed by atoms with Crippen molar-refractivity contribution in [2.45, 2.75) is 24.8 Å². The van der Waals surface area contributed by atoms with Crippen molar-refractivity contribution in [1.82, 2.24) is 4.90 Å². The standard InChI is InChI=1S/C19H22FNO/c20-18-8-4-7-17(13-18)19(15-22)9-11-21(12-10-19)14-16-5-2-1-3-6-16/h1-8,13,22H,9-12,14-15H2. The zero-order valence-electron chi connectivity index (χ0n) is 12.7. The number of aliphatic hydroxyl groups excluding tert-OH is 1. The van der Waals surface area contributed by atoms with Crippen molar-refractivity contribution in [1.29, 1.82) is 0 Å². The van der Waals surface area contributed by atoms with Crippen LogP contribution < -0.4 is 0 Å². The summed E-state index contributed by atoms with van der Waals surface area (Å²) in [5.74, 6) is -0.225. The Morgan fingerprint density at radius 2 is 1.73 bits per heavy atom. The molecule has 1 N–H and O–H groups in total. The first-order valence-electron chi connectivity index (χ1n) is 7.85. The maximum Gasteiger partial charge on any atom is 0.123 e. The second-order valence-electron chi connectivity index (χ2n) is 6.21. The summed E-state index contributed by atoms with van der Waals surface area (Å²) in [6.45, 7) is 2.86. The maximum absolute atomic E-state index is 13.5. The molecule has 1 fully saturated rings. The van der Waals surface area contributed by atoms with Crippen molar-refractivity contribution >= 4 is 0 Å². The van der Waals surface area contributed by atoms with E-state index < -0.39 is 0 Å². The molecule has 22 heavy (non-hydrogen) atoms. The Balaban J connectivity index is 1.69. The van der Waals surface area contributed by atoms with Crippen molar-refractivity contribution in [2.24, 2.45) is 0 Å². The molecule has 2 aromatic carbocycles. The Labute approximate surface area is 131 Å². The molecule has 1 aliphatic rings. The first-order chi connectivity index (χ1) is 10.7. The number of piperidine rings is 1. The molecule has 0 bridgehead atoms. The lowest BCUT2D eigenvalue weighted by Gasteiger charge is -2.41. The van der Waals surface area contributed by atoms with Gasteiger partial charge in [-0.05, 0) is 49.2 Å². The molecule has 1 aliphatic heterocycles. The Bertz CT molecular complexity index is 606. The highest BCUT2D eigenvalue weighted by Crippen LogP contribution is 2.35. The molecule has 0 unspecified atom stereocenters. The van der Waals surface area contributed by atoms with Crippen molar-refractivity contribution in [3.63, 3.8) is 0 Å². The van der Waals surface area contributed by atoms with Crippen LogP contribution in [-0.2, 0) is 12.0 Å². The summed E-state index contributed by atoms with van der Waals surface area (Å²) >= 11 is 0. The number of aliphatic hydroxyl groups is 1. The molecule has 3 rings (SSSR count). The molecule has 0 amide bonds. The van der Waals surface area contributed by atoms with Gasteiger partial charge in [-0.15, -0.1) is 0 Å². The molecule has 0 spiro atoms. The Kier molecular flexibility index (Phi) is 4.55. The van der Waals surface area contributed by atoms with Crippen LogP contribution in [0.4, 0.5) is 4.39 Å². The van der Waals surface area contributed by atoms with Gasteiger partial charge in [-0.3, -0.25) is 4.90 Å². The highest BCUT2D eigenvalue weighted by atomic mass is 19.1. The number of nitrogens with zero attached hydrogens (tertiary/aromatic N) is 1. The molecule has 0 atom stereocenters. The van der Waals surface area contributed by atoms with Gasteiger partial charge >= 0.3 is 0 Å². The van der Waals surface area contributed by atoms with Crippen LogP contribution in [0.5, 0.6) is 0 Å². The third-order valence-electron chi connectivity index (χ3n) is 4.80. The van der Waals surface area contributed by atoms with E-state index >= 15 is 0 Å². The predicted molar refractivity (Wildman–Crippen MR) is 86.1 cm³/mol. The van der Waals surface area contributed by atoms with E-state index in [2.05, 4.69) is 29.2 Å². The van der Waals surface area contributed by atoms with Crippen LogP contribution in [0.15, 0.2) is 54.6 Å². The highest BCUT2D eigenvalue weighted by molar-refractivity contribution is 5.27. The number of rotatable bonds is 4. The predicted octanol–water partition coefficient (Wildman–Crippen LogP) is 3.35. The minimum atomic E-state index is -0.296. The van der Waals surface area contributed by atoms with Crippen LogP contribution in [0.3, 0.4) is 0 Å². The van der Waals surface area contributed by atoms with Crippen LogP contribution in [0, 0.1) is 5.82 Å². The topological polar surface area (TPSA) is 23.5 Å². The van der Waals surface area contributed by atoms with Crippen molar-refractivity contribution in [3.05, 3.63) is 71.5 Å². The third-order valence-corrected chi connectivity index (χ3v) is 4.80. The number of halogens is 1. The smallest absolute Gasteiger partial charge is 0.123 e. The lowest BCUT2D eigenvalue weighted by atomic mass is 9.73. The van der Waals surface area contributed by atoms with Gasteiger partial charge in [0.25, 0.3) is 0 Å². The van der Waals surface area contributed by atoms with Gasteiger partial charge in [0.2, 0.25) is 0 Å². The SMILES string of the molecule is OCC1(c2cccc(F)c2)CCN(Cc2ccccc2)CC1. The van der Waals surface area contributed by atoms with Gasteiger partial charge in [0.1, 0.15) is 5.82 Å². The molecule has 3 heteroatoms. The molecular weight excluding hydrogens is 277 g/mol. The fraction of sp³-hybridized carbons (Fsp3) is 0.368. The van der Waals surface area contributed by atoms with Crippen molar-refractivity contribution in [3.8, 4) is 0 Å². The summed E-state index contributed by atoms with van der Waals surface area (Å²) in [5.41, 5.74) is 1.94. The average molecular weight is 299 g/mol. The van der Waals surface area contributed by atoms with Gasteiger partial charge in [-0.1, -0.05) is 42.5 Å². The molecule has 1 heterocycles. The quantitative estimate of drug-likeness (QED) is 0.936. The summed E-state index contributed by atoms with van der Waals surface area (Å²) in [6.07, 6.45) is 1.72. The summed E-state index contributed by atoms with van der Waals surface area (Å²) in [5, 5.41) is 9.92. The maximum atomic E-state index is 13.5. The Hall–Kier alpha value is -1.71. The number of hydrogen-bond acceptors (Lipinski definition) is 2. The minimum absolute atomic E-state index is 0.0790. The summed E-state index contributed by atoms with van der Waals surface area (Å²) in [6, 6.07) is 17.1. The van der Waals surface area contributed by atoms with E-state index in [9.17, 15) is 9.50 Å². The van der Waals surface area contributed by atoms with E-state index in [1.165, 1.54) is 11.6 Å². The van der Waals surface area contributed by atoms with Gasteiger partial charge in [0.05, 0.1) is 6.61 Å². The highest BCUT2D eigenvalue weighted by Gasteiger charge is 2.35. The van der Waals surface area contributed by atoms with Crippen LogP contribution >= 0.6 is 0 Å². The molecular formula is C19H22FNO. The normalized spacial score (nSPS) is 18.3. The molecule has 116 valence electrons. The van der Waals surface area contributed by atoms with Gasteiger partial charge in [0.15, 0.2) is 0 Å². The zero-order valence-corrected chi connectivity index (χ0v) is 12.7. The second-order valence-corrected chi connectivity index (χ2v) is 6.21. The molecule has 0 saturated carbocycles. The lowest BCUT2D eigenvalue weighted by Crippen LogP contribution is -2.44. The summed E-state index contributed by atoms with van der Waals surface area (Å²) < 4.78 is 13.5. The Morgan fingerprint density at radius 3 is 2.36 bits per heavy atom. The van der Waals surface area contributed by atoms with E-state index in [1.807, 2.05) is 12.1 Å². The number of benzene rings is 2. The van der Waals surface area contributed by atoms with Crippen LogP contribution in [0.2, 0.25) is 0 Å². The fourth-order valence-electron chi connectivity index (χ4n) is 3.34. The first kappa shape index (κ1) is 15.2. The average Bonchev–Trinajstić information content (AvgIpc) is 2.57. The second kappa shape index (κ2) is 6.59. The molecule has 0 radical (unpaired) electrons. The molecule has 0 aromatic heterocycles. The molecule has 2 nitrogen and oxygen atoms in total. The van der Waals surface area contributed by atoms with Crippen LogP contribution in [-0.4, -0.2) is 29.7 Å². The minimum Gasteiger partial charge on any atom is -0.395 e. The van der Waals surface area contributed by atoms with Gasteiger partial charge < -0.3 is 5.11 Å². The van der Waals surface area contributed by atoms with E-state index in [-0.39, 0.29) is 17.8 Å². The third kappa shape index (κ3) is 3.21. The van der Waals surface area contributed by atoms with Gasteiger partial charge in [-0.2, -0.15) is 0 Å². The van der Waals surface area contributed by atoms with E-state index in [1.54, 1.807) is 12.1 Å². The van der Waals surface area contributed by atoms with Gasteiger partial charge in [-0.25, -0.2) is 4.39 Å². The monoisotopic (exact) mass is 299 g/mol. The lowest BCUT2D eigenvalue weighted by molar-refractivity contribution is 0.0972. The van der Waals surface area contributed by atoms with E-state index in [0.29, 0.717) is 0 Å². The molecule has 0 aliphatic carbocycles. The summed E-state index contributed by atoms with van der Waals surface area (Å²) in [4.78, 5) is 2.41.